The Morgan fingerprint density at radius 3 is 2.50 bits per heavy atom. The van der Waals surface area contributed by atoms with E-state index >= 15 is 0 Å². The van der Waals surface area contributed by atoms with Gasteiger partial charge in [0.15, 0.2) is 0 Å². The molecule has 122 valence electrons. The largest absolute Gasteiger partial charge is 0.340 e. The second-order valence-corrected chi connectivity index (χ2v) is 7.49. The summed E-state index contributed by atoms with van der Waals surface area (Å²) >= 11 is 0. The smallest absolute Gasteiger partial charge is 0.227 e. The van der Waals surface area contributed by atoms with Crippen LogP contribution in [0.15, 0.2) is 24.3 Å². The summed E-state index contributed by atoms with van der Waals surface area (Å²) in [7, 11) is -3.20. The Hall–Kier alpha value is -1.47. The van der Waals surface area contributed by atoms with Crippen LogP contribution in [0.2, 0.25) is 0 Å². The third-order valence-corrected chi connectivity index (χ3v) is 5.77. The predicted molar refractivity (Wildman–Crippen MR) is 82.3 cm³/mol. The fourth-order valence-electron chi connectivity index (χ4n) is 2.54. The molecule has 5 nitrogen and oxygen atoms in total. The molecule has 1 heterocycles. The summed E-state index contributed by atoms with van der Waals surface area (Å²) in [6.45, 7) is 3.26. The zero-order valence-electron chi connectivity index (χ0n) is 12.7. The lowest BCUT2D eigenvalue weighted by Crippen LogP contribution is -2.51. The first-order valence-corrected chi connectivity index (χ1v) is 9.03. The molecule has 0 aliphatic carbocycles. The highest BCUT2D eigenvalue weighted by atomic mass is 32.2. The summed E-state index contributed by atoms with van der Waals surface area (Å²) in [6, 6.07) is 5.97. The highest BCUT2D eigenvalue weighted by molar-refractivity contribution is 7.89. The number of halogens is 1. The van der Waals surface area contributed by atoms with E-state index in [1.165, 1.54) is 16.4 Å². The van der Waals surface area contributed by atoms with Gasteiger partial charge in [0.05, 0.1) is 12.2 Å². The van der Waals surface area contributed by atoms with Gasteiger partial charge < -0.3 is 4.90 Å². The number of sulfonamides is 1. The minimum Gasteiger partial charge on any atom is -0.340 e. The van der Waals surface area contributed by atoms with Crippen molar-refractivity contribution in [3.8, 4) is 0 Å². The molecule has 0 bridgehead atoms. The Bertz CT molecular complexity index is 625. The van der Waals surface area contributed by atoms with Gasteiger partial charge in [-0.2, -0.15) is 4.31 Å². The van der Waals surface area contributed by atoms with Crippen molar-refractivity contribution in [2.24, 2.45) is 0 Å². The molecule has 0 aromatic heterocycles. The lowest BCUT2D eigenvalue weighted by atomic mass is 10.1. The maximum absolute atomic E-state index is 13.1. The summed E-state index contributed by atoms with van der Waals surface area (Å²) in [6.07, 6.45) is 0.723. The Labute approximate surface area is 130 Å². The number of carbonyl (C=O) groups excluding carboxylic acids is 1. The molecule has 0 N–H and O–H groups in total. The number of rotatable bonds is 5. The standard InChI is InChI=1S/C15H21FN2O3S/c1-2-10-22(20,21)18-8-6-17(7-9-18)15(19)12-13-4-3-5-14(16)11-13/h3-5,11H,2,6-10,12H2,1H3. The summed E-state index contributed by atoms with van der Waals surface area (Å²) in [5.74, 6) is -0.316. The molecule has 0 unspecified atom stereocenters. The molecule has 0 spiro atoms. The van der Waals surface area contributed by atoms with Crippen molar-refractivity contribution >= 4 is 15.9 Å². The molecule has 1 aliphatic rings. The highest BCUT2D eigenvalue weighted by Gasteiger charge is 2.28. The van der Waals surface area contributed by atoms with E-state index in [1.54, 1.807) is 17.0 Å². The number of benzene rings is 1. The van der Waals surface area contributed by atoms with Crippen molar-refractivity contribution < 1.29 is 17.6 Å². The lowest BCUT2D eigenvalue weighted by Gasteiger charge is -2.34. The number of hydrogen-bond acceptors (Lipinski definition) is 3. The zero-order chi connectivity index (χ0) is 16.2. The molecular formula is C15H21FN2O3S. The Kier molecular flexibility index (Phi) is 5.52. The number of amides is 1. The predicted octanol–water partition coefficient (Wildman–Crippen LogP) is 1.25. The van der Waals surface area contributed by atoms with Crippen LogP contribution in [0, 0.1) is 5.82 Å². The molecule has 0 atom stereocenters. The summed E-state index contributed by atoms with van der Waals surface area (Å²) in [4.78, 5) is 13.8. The Balaban J connectivity index is 1.90. The minimum atomic E-state index is -3.20. The molecular weight excluding hydrogens is 307 g/mol. The van der Waals surface area contributed by atoms with Crippen molar-refractivity contribution in [2.45, 2.75) is 19.8 Å². The van der Waals surface area contributed by atoms with Crippen molar-refractivity contribution in [3.05, 3.63) is 35.6 Å². The zero-order valence-corrected chi connectivity index (χ0v) is 13.5. The van der Waals surface area contributed by atoms with Gasteiger partial charge in [-0.15, -0.1) is 0 Å². The third kappa shape index (κ3) is 4.27. The van der Waals surface area contributed by atoms with Gasteiger partial charge in [0.25, 0.3) is 0 Å². The Morgan fingerprint density at radius 2 is 1.91 bits per heavy atom. The SMILES string of the molecule is CCCS(=O)(=O)N1CCN(C(=O)Cc2cccc(F)c2)CC1. The van der Waals surface area contributed by atoms with E-state index in [-0.39, 0.29) is 23.9 Å². The normalized spacial score (nSPS) is 16.7. The van der Waals surface area contributed by atoms with Crippen LogP contribution in [0.25, 0.3) is 0 Å². The molecule has 2 rings (SSSR count). The quantitative estimate of drug-likeness (QED) is 0.817. The average molecular weight is 328 g/mol. The minimum absolute atomic E-state index is 0.0989. The molecule has 22 heavy (non-hydrogen) atoms. The number of piperazine rings is 1. The van der Waals surface area contributed by atoms with Gasteiger partial charge in [-0.1, -0.05) is 19.1 Å². The Morgan fingerprint density at radius 1 is 1.23 bits per heavy atom. The first-order chi connectivity index (χ1) is 10.4. The van der Waals surface area contributed by atoms with Crippen molar-refractivity contribution in [1.82, 2.24) is 9.21 Å². The molecule has 7 heteroatoms. The van der Waals surface area contributed by atoms with Crippen LogP contribution in [-0.2, 0) is 21.2 Å². The fraction of sp³-hybridized carbons (Fsp3) is 0.533. The van der Waals surface area contributed by atoms with E-state index in [4.69, 9.17) is 0 Å². The topological polar surface area (TPSA) is 57.7 Å². The molecule has 1 aromatic rings. The van der Waals surface area contributed by atoms with E-state index in [1.807, 2.05) is 6.92 Å². The van der Waals surface area contributed by atoms with Gasteiger partial charge in [-0.3, -0.25) is 4.79 Å². The van der Waals surface area contributed by atoms with Crippen molar-refractivity contribution in [2.75, 3.05) is 31.9 Å². The second-order valence-electron chi connectivity index (χ2n) is 5.40. The fourth-order valence-corrected chi connectivity index (χ4v) is 4.03. The van der Waals surface area contributed by atoms with Crippen molar-refractivity contribution in [1.29, 1.82) is 0 Å². The van der Waals surface area contributed by atoms with Gasteiger partial charge in [0.2, 0.25) is 15.9 Å². The molecule has 1 amide bonds. The molecule has 0 saturated carbocycles. The van der Waals surface area contributed by atoms with Crippen LogP contribution < -0.4 is 0 Å². The van der Waals surface area contributed by atoms with E-state index in [9.17, 15) is 17.6 Å². The van der Waals surface area contributed by atoms with Gasteiger partial charge in [0.1, 0.15) is 5.82 Å². The summed E-state index contributed by atoms with van der Waals surface area (Å²) in [5.41, 5.74) is 0.631. The highest BCUT2D eigenvalue weighted by Crippen LogP contribution is 2.11. The van der Waals surface area contributed by atoms with Crippen molar-refractivity contribution in [3.63, 3.8) is 0 Å². The van der Waals surface area contributed by atoms with E-state index < -0.39 is 10.0 Å². The average Bonchev–Trinajstić information content (AvgIpc) is 2.47. The van der Waals surface area contributed by atoms with Crippen LogP contribution in [0.3, 0.4) is 0 Å². The molecule has 1 aliphatic heterocycles. The summed E-state index contributed by atoms with van der Waals surface area (Å²) in [5, 5.41) is 0. The molecule has 1 aromatic carbocycles. The first-order valence-electron chi connectivity index (χ1n) is 7.42. The summed E-state index contributed by atoms with van der Waals surface area (Å²) < 4.78 is 38.5. The number of nitrogens with zero attached hydrogens (tertiary/aromatic N) is 2. The molecule has 0 radical (unpaired) electrons. The molecule has 1 saturated heterocycles. The van der Waals surface area contributed by atoms with E-state index in [0.29, 0.717) is 38.2 Å². The van der Waals surface area contributed by atoms with Crippen LogP contribution >= 0.6 is 0 Å². The first kappa shape index (κ1) is 16.9. The number of carbonyl (C=O) groups is 1. The van der Waals surface area contributed by atoms with Crippen LogP contribution in [0.4, 0.5) is 4.39 Å². The maximum atomic E-state index is 13.1. The second kappa shape index (κ2) is 7.19. The number of hydrogen-bond donors (Lipinski definition) is 0. The van der Waals surface area contributed by atoms with Crippen LogP contribution in [0.5, 0.6) is 0 Å². The lowest BCUT2D eigenvalue weighted by molar-refractivity contribution is -0.131. The third-order valence-electron chi connectivity index (χ3n) is 3.69. The van der Waals surface area contributed by atoms with E-state index in [0.717, 1.165) is 0 Å². The maximum Gasteiger partial charge on any atom is 0.227 e. The van der Waals surface area contributed by atoms with Gasteiger partial charge in [0, 0.05) is 26.2 Å². The monoisotopic (exact) mass is 328 g/mol. The van der Waals surface area contributed by atoms with Gasteiger partial charge in [-0.25, -0.2) is 12.8 Å². The van der Waals surface area contributed by atoms with Crippen LogP contribution in [-0.4, -0.2) is 55.5 Å². The van der Waals surface area contributed by atoms with Crippen LogP contribution in [0.1, 0.15) is 18.9 Å². The van der Waals surface area contributed by atoms with Gasteiger partial charge in [-0.05, 0) is 24.1 Å². The van der Waals surface area contributed by atoms with E-state index in [2.05, 4.69) is 0 Å². The van der Waals surface area contributed by atoms with Gasteiger partial charge >= 0.3 is 0 Å². The molecule has 1 fully saturated rings.